The summed E-state index contributed by atoms with van der Waals surface area (Å²) in [7, 11) is 0. The van der Waals surface area contributed by atoms with Gasteiger partial charge in [-0.05, 0) is 199 Å². The predicted octanol–water partition coefficient (Wildman–Crippen LogP) is 16.3. The Morgan fingerprint density at radius 3 is 1.02 bits per heavy atom. The lowest BCUT2D eigenvalue weighted by atomic mass is 9.90. The molecule has 2 aliphatic rings. The molecule has 1 aromatic carbocycles. The Labute approximate surface area is 866 Å². The van der Waals surface area contributed by atoms with Crippen LogP contribution in [0.15, 0.2) is 194 Å². The zero-order valence-corrected chi connectivity index (χ0v) is 86.4. The maximum absolute atomic E-state index is 12.7. The highest BCUT2D eigenvalue weighted by molar-refractivity contribution is 5.78. The molecule has 12 atom stereocenters. The summed E-state index contributed by atoms with van der Waals surface area (Å²) in [6, 6.07) is 5.83. The van der Waals surface area contributed by atoms with Crippen LogP contribution in [0.1, 0.15) is 267 Å². The molecule has 0 amide bonds. The van der Waals surface area contributed by atoms with E-state index in [4.69, 9.17) is 17.6 Å². The van der Waals surface area contributed by atoms with E-state index in [-0.39, 0.29) is 65.4 Å². The minimum atomic E-state index is -0.815. The Balaban J connectivity index is -0.000000804. The number of Topliss-reactive ketones (excluding diaryl/α,β-unsaturated/α-hetero) is 7. The predicted molar refractivity (Wildman–Crippen MR) is 580 cm³/mol. The first-order valence-corrected chi connectivity index (χ1v) is 49.0. The number of hydrogen-bond donors (Lipinski definition) is 12. The second kappa shape index (κ2) is 101. The SMILES string of the molecule is C#CC[C@@H](O)/C=C/C=C/C#CCCC(C)=O.C#CC[C@@H](O)/C=C/C=C/C#CCCOCC(C)=O.CC#CC[C@@H](O)/C=C/C=C/C#C[C@@H](O)CCCC(C)=O.CC(=O)CCC[C@H](O)C#C/C=C/C=C/[C@H](O)CC#CC(C)C.CC(=O)CCC[C@H](O)C#C/C=C/C=C/[C@H](O)CC#CC1CCCCC1.CC(=O)CC[C@H](O)C#C/C=C/C=C/[C@H](O)CC#Cc1ccc(F)cc1.CC(=O)CC[C@H](O)C#C/C=C/C=C/[C@H](O)CC1CC1. The van der Waals surface area contributed by atoms with Crippen molar-refractivity contribution in [2.75, 3.05) is 13.2 Å². The molecule has 0 aliphatic heterocycles. The number of hydrogen-bond acceptors (Lipinski definition) is 20. The molecule has 2 aliphatic carbocycles. The summed E-state index contributed by atoms with van der Waals surface area (Å²) >= 11 is 0. The van der Waals surface area contributed by atoms with Gasteiger partial charge in [-0.3, -0.25) is 9.59 Å². The highest BCUT2D eigenvalue weighted by atomic mass is 19.1. The van der Waals surface area contributed by atoms with E-state index in [2.05, 4.69) is 142 Å². The molecule has 21 heteroatoms. The van der Waals surface area contributed by atoms with Crippen LogP contribution in [-0.4, -0.2) is 188 Å². The Kier molecular flexibility index (Phi) is 96.3. The normalized spacial score (nSPS) is 14.4. The molecule has 145 heavy (non-hydrogen) atoms. The van der Waals surface area contributed by atoms with Crippen LogP contribution >= 0.6 is 0 Å². The Morgan fingerprint density at radius 2 is 0.683 bits per heavy atom. The molecule has 0 radical (unpaired) electrons. The van der Waals surface area contributed by atoms with Gasteiger partial charge < -0.3 is 90.0 Å². The van der Waals surface area contributed by atoms with Crippen LogP contribution in [0.3, 0.4) is 0 Å². The molecule has 778 valence electrons. The lowest BCUT2D eigenvalue weighted by Gasteiger charge is -2.15. The lowest BCUT2D eigenvalue weighted by Crippen LogP contribution is -2.05. The Morgan fingerprint density at radius 1 is 0.359 bits per heavy atom. The lowest BCUT2D eigenvalue weighted by molar-refractivity contribution is -0.121. The monoisotopic (exact) mass is 1980 g/mol. The molecule has 3 rings (SSSR count). The number of benzene rings is 1. The molecular weight excluding hydrogens is 1830 g/mol. The number of ether oxygens (including phenoxy) is 1. The molecule has 0 bridgehead atoms. The van der Waals surface area contributed by atoms with E-state index in [1.165, 1.54) is 91.7 Å². The van der Waals surface area contributed by atoms with Crippen molar-refractivity contribution >= 4 is 40.5 Å². The number of halogens is 1. The molecule has 0 aromatic heterocycles. The molecule has 12 N–H and O–H groups in total. The first kappa shape index (κ1) is 138. The molecule has 0 unspecified atom stereocenters. The van der Waals surface area contributed by atoms with E-state index in [9.17, 15) is 99.2 Å². The van der Waals surface area contributed by atoms with Crippen LogP contribution in [0, 0.1) is 179 Å². The molecule has 0 heterocycles. The summed E-state index contributed by atoms with van der Waals surface area (Å²) in [4.78, 5) is 74.8. The van der Waals surface area contributed by atoms with Crippen molar-refractivity contribution in [2.24, 2.45) is 17.8 Å². The van der Waals surface area contributed by atoms with Gasteiger partial charge in [0.25, 0.3) is 0 Å². The standard InChI is InChI=1S/C22H30O3.C21H21FO3.C19H26O3.C17H22O3.C16H22O3.C15H18O3.C14H16O2/c1-19(23)11-9-17-21(24)15-7-2-3-8-16-22(25)18-10-14-20-12-5-4-6-13-20;1-17(23)11-16-21(25)9-5-3-2-4-8-20(24)10-6-7-18-12-14-19(22)15-13-18;1-16(2)10-8-14-18(21)12-6-4-5-7-13-19(22)15-9-11-17(3)20;1-3-4-11-16(19)12-7-5-6-8-13-17(20)14-9-10-15(2)18;1-13(17)8-11-15(18)6-4-2-3-5-7-16(19)12-14-9-10-14;1-3-10-15(17)11-8-6-4-5-7-9-12-18-13-14(2)16;1-3-10-14(16)12-9-7-5-4-6-8-11-13(2)15/h2-3,8,16,20-22,24-25H,4-6,9,11-13,17-18H2,1H3;2-4,8,12-15,20-21,24-25H,10-11,16H2,1H3;4-6,12,16,18-19,21-22H,9,11,14-15H2,1-3H3;5-7,12,16-17,19-20H,9-11,14H2,1-2H3;2-3,5,7,14-16,18-19H,8-12H2,1H3;1,4,6,8,11,15,17H,9-10,12-13H2,2H3;1,5,7,9,12,14,16H,8,10-11H2,2H3/b3-2+,16-8+;3-2+,8-4+;5-4+,12-6+;6-5+,12-7+;3-2+,7-5+;6-4+,11-8+;7-5+,12-9+/t21-,22+;20-,21+;18-,19+;16-,17-;15-,16+;15-;14-/m1001111/s1. The quantitative estimate of drug-likeness (QED) is 0.0164. The van der Waals surface area contributed by atoms with Crippen molar-refractivity contribution in [1.82, 2.24) is 0 Å². The van der Waals surface area contributed by atoms with Crippen molar-refractivity contribution in [3.8, 4) is 155 Å². The van der Waals surface area contributed by atoms with Gasteiger partial charge in [-0.2, -0.15) is 0 Å². The number of rotatable bonds is 46. The molecular formula is C124H155FO20. The van der Waals surface area contributed by atoms with Crippen LogP contribution < -0.4 is 0 Å². The van der Waals surface area contributed by atoms with Gasteiger partial charge in [0.1, 0.15) is 77.6 Å². The summed E-state index contributed by atoms with van der Waals surface area (Å²) in [6.45, 7) is 17.0. The van der Waals surface area contributed by atoms with Crippen LogP contribution in [0.4, 0.5) is 4.39 Å². The first-order valence-electron chi connectivity index (χ1n) is 49.0. The van der Waals surface area contributed by atoms with Crippen LogP contribution in [0.2, 0.25) is 0 Å². The van der Waals surface area contributed by atoms with Gasteiger partial charge in [-0.25, -0.2) is 4.39 Å². The molecule has 2 fully saturated rings. The van der Waals surface area contributed by atoms with E-state index in [1.54, 1.807) is 203 Å². The number of carbonyl (C=O) groups is 7. The average Bonchev–Trinajstić information content (AvgIpc) is 1.83. The largest absolute Gasteiger partial charge is 0.389 e. The second-order valence-corrected chi connectivity index (χ2v) is 33.5. The number of aliphatic hydroxyl groups is 12. The van der Waals surface area contributed by atoms with Crippen molar-refractivity contribution in [3.63, 3.8) is 0 Å². The van der Waals surface area contributed by atoms with E-state index in [1.807, 2.05) is 13.8 Å². The van der Waals surface area contributed by atoms with Gasteiger partial charge >= 0.3 is 0 Å². The molecule has 2 saturated carbocycles. The average molecular weight is 1980 g/mol. The minimum Gasteiger partial charge on any atom is -0.389 e. The minimum absolute atomic E-state index is 0.0125. The summed E-state index contributed by atoms with van der Waals surface area (Å²) < 4.78 is 17.8. The number of terminal acetylenes is 2. The zero-order chi connectivity index (χ0) is 109. The van der Waals surface area contributed by atoms with Crippen molar-refractivity contribution in [2.45, 2.75) is 335 Å². The fourth-order valence-electron chi connectivity index (χ4n) is 10.7. The van der Waals surface area contributed by atoms with Crippen LogP contribution in [0.5, 0.6) is 0 Å². The maximum Gasteiger partial charge on any atom is 0.155 e. The Hall–Kier alpha value is -13.0. The molecule has 0 spiro atoms. The zero-order valence-electron chi connectivity index (χ0n) is 86.4. The number of aliphatic hydroxyl groups excluding tert-OH is 12. The first-order chi connectivity index (χ1) is 69.4. The summed E-state index contributed by atoms with van der Waals surface area (Å²) in [5.74, 6) is 68.2. The molecule has 0 saturated heterocycles. The summed E-state index contributed by atoms with van der Waals surface area (Å²) in [5, 5.41) is 114. The summed E-state index contributed by atoms with van der Waals surface area (Å²) in [6.07, 6.45) is 68.9. The van der Waals surface area contributed by atoms with Gasteiger partial charge in [-0.15, -0.1) is 42.4 Å². The number of carbonyl (C=O) groups excluding carboxylic acids is 7. The summed E-state index contributed by atoms with van der Waals surface area (Å²) in [5.41, 5.74) is 0.691. The van der Waals surface area contributed by atoms with Crippen molar-refractivity contribution in [1.29, 1.82) is 0 Å². The number of ketones is 7. The second-order valence-electron chi connectivity index (χ2n) is 33.5. The van der Waals surface area contributed by atoms with Gasteiger partial charge in [0.15, 0.2) is 5.78 Å². The van der Waals surface area contributed by atoms with E-state index >= 15 is 0 Å². The molecule has 20 nitrogen and oxygen atoms in total. The smallest absolute Gasteiger partial charge is 0.155 e. The van der Waals surface area contributed by atoms with Crippen LogP contribution in [0.25, 0.3) is 0 Å². The van der Waals surface area contributed by atoms with Gasteiger partial charge in [0.05, 0.1) is 49.3 Å². The third-order valence-electron chi connectivity index (χ3n) is 18.4. The van der Waals surface area contributed by atoms with E-state index in [0.29, 0.717) is 165 Å². The van der Waals surface area contributed by atoms with Crippen LogP contribution in [-0.2, 0) is 38.3 Å². The fourth-order valence-corrected chi connectivity index (χ4v) is 10.7. The fraction of sp³-hybridized carbons (Fsp3) is 0.460. The third-order valence-corrected chi connectivity index (χ3v) is 18.4. The van der Waals surface area contributed by atoms with Crippen molar-refractivity contribution < 1.29 is 104 Å². The van der Waals surface area contributed by atoms with E-state index < -0.39 is 67.1 Å². The van der Waals surface area contributed by atoms with E-state index in [0.717, 1.165) is 6.42 Å². The van der Waals surface area contributed by atoms with Gasteiger partial charge in [-0.1, -0.05) is 286 Å². The maximum atomic E-state index is 12.7. The van der Waals surface area contributed by atoms with Crippen molar-refractivity contribution in [3.05, 3.63) is 206 Å². The molecule has 1 aromatic rings. The van der Waals surface area contributed by atoms with Gasteiger partial charge in [0.2, 0.25) is 0 Å². The number of allylic oxidation sites excluding steroid dienone is 21. The topological polar surface area (TPSA) is 371 Å². The van der Waals surface area contributed by atoms with Gasteiger partial charge in [0, 0.05) is 107 Å². The Bertz CT molecular complexity index is 5170. The highest BCUT2D eigenvalue weighted by Gasteiger charge is 2.23. The third kappa shape index (κ3) is 116. The highest BCUT2D eigenvalue weighted by Crippen LogP contribution is 2.33.